The van der Waals surface area contributed by atoms with Gasteiger partial charge in [-0.25, -0.2) is 0 Å². The van der Waals surface area contributed by atoms with Crippen molar-refractivity contribution < 1.29 is 4.74 Å². The number of hydrogen-bond donors (Lipinski definition) is 1. The molecule has 3 heteroatoms. The third-order valence-electron chi connectivity index (χ3n) is 5.06. The maximum Gasteiger partial charge on any atom is 0.0771 e. The lowest BCUT2D eigenvalue weighted by atomic mass is 9.84. The Balaban J connectivity index is 1.68. The third kappa shape index (κ3) is 3.85. The van der Waals surface area contributed by atoms with Crippen LogP contribution in [0, 0.1) is 0 Å². The van der Waals surface area contributed by atoms with Crippen LogP contribution in [0.2, 0.25) is 0 Å². The van der Waals surface area contributed by atoms with Crippen LogP contribution in [0.5, 0.6) is 0 Å². The quantitative estimate of drug-likeness (QED) is 0.758. The van der Waals surface area contributed by atoms with Crippen LogP contribution < -0.4 is 5.32 Å². The molecule has 26 heavy (non-hydrogen) atoms. The van der Waals surface area contributed by atoms with Crippen LogP contribution >= 0.6 is 0 Å². The summed E-state index contributed by atoms with van der Waals surface area (Å²) >= 11 is 0. The molecule has 0 aliphatic carbocycles. The van der Waals surface area contributed by atoms with Crippen LogP contribution in [0.4, 0.5) is 0 Å². The van der Waals surface area contributed by atoms with E-state index in [0.717, 1.165) is 31.7 Å². The summed E-state index contributed by atoms with van der Waals surface area (Å²) in [7, 11) is 0. The zero-order valence-corrected chi connectivity index (χ0v) is 14.8. The molecule has 3 nitrogen and oxygen atoms in total. The summed E-state index contributed by atoms with van der Waals surface area (Å²) < 4.78 is 6.14. The molecule has 132 valence electrons. The normalized spacial score (nSPS) is 18.4. The van der Waals surface area contributed by atoms with Gasteiger partial charge in [-0.3, -0.25) is 4.98 Å². The standard InChI is InChI=1S/C23H24N2O/c1-2-7-18(8-3-1)22(23-17-25-13-14-26-23)15-19-9-4-5-11-21(19)20-10-6-12-24-16-20/h1-12,16,22-23,25H,13-15,17H2/t22-,23-/m1/s1. The summed E-state index contributed by atoms with van der Waals surface area (Å²) in [6.07, 6.45) is 4.89. The van der Waals surface area contributed by atoms with Gasteiger partial charge in [-0.1, -0.05) is 60.7 Å². The second kappa shape index (κ2) is 8.26. The average Bonchev–Trinajstić information content (AvgIpc) is 2.74. The van der Waals surface area contributed by atoms with Crippen molar-refractivity contribution >= 4 is 0 Å². The summed E-state index contributed by atoms with van der Waals surface area (Å²) in [6, 6.07) is 23.5. The van der Waals surface area contributed by atoms with Crippen LogP contribution in [0.1, 0.15) is 17.0 Å². The molecule has 1 N–H and O–H groups in total. The van der Waals surface area contributed by atoms with E-state index in [1.54, 1.807) is 0 Å². The zero-order chi connectivity index (χ0) is 17.6. The van der Waals surface area contributed by atoms with Gasteiger partial charge in [-0.2, -0.15) is 0 Å². The molecule has 4 rings (SSSR count). The maximum absolute atomic E-state index is 6.14. The maximum atomic E-state index is 6.14. The number of benzene rings is 2. The monoisotopic (exact) mass is 344 g/mol. The highest BCUT2D eigenvalue weighted by atomic mass is 16.5. The SMILES string of the molecule is c1ccc([C@@H](Cc2ccccc2-c2cccnc2)[C@H]2CNCCO2)cc1. The number of nitrogens with one attached hydrogen (secondary N) is 1. The van der Waals surface area contributed by atoms with E-state index >= 15 is 0 Å². The molecule has 2 atom stereocenters. The molecule has 1 aliphatic rings. The van der Waals surface area contributed by atoms with Gasteiger partial charge in [-0.05, 0) is 29.2 Å². The van der Waals surface area contributed by atoms with Gasteiger partial charge in [0.2, 0.25) is 0 Å². The molecule has 1 aromatic heterocycles. The van der Waals surface area contributed by atoms with Gasteiger partial charge in [0.25, 0.3) is 0 Å². The Morgan fingerprint density at radius 3 is 2.62 bits per heavy atom. The molecule has 0 radical (unpaired) electrons. The predicted molar refractivity (Wildman–Crippen MR) is 105 cm³/mol. The Morgan fingerprint density at radius 1 is 1.00 bits per heavy atom. The van der Waals surface area contributed by atoms with Crippen LogP contribution in [0.25, 0.3) is 11.1 Å². The minimum absolute atomic E-state index is 0.188. The van der Waals surface area contributed by atoms with Crippen LogP contribution in [-0.4, -0.2) is 30.8 Å². The first kappa shape index (κ1) is 17.0. The van der Waals surface area contributed by atoms with E-state index in [4.69, 9.17) is 4.74 Å². The Labute approximate surface area is 155 Å². The summed E-state index contributed by atoms with van der Waals surface area (Å²) in [6.45, 7) is 2.61. The highest BCUT2D eigenvalue weighted by molar-refractivity contribution is 5.66. The Hall–Kier alpha value is -2.49. The lowest BCUT2D eigenvalue weighted by Gasteiger charge is -2.32. The molecule has 2 heterocycles. The smallest absolute Gasteiger partial charge is 0.0771 e. The van der Waals surface area contributed by atoms with Crippen molar-refractivity contribution in [1.82, 2.24) is 10.3 Å². The molecular weight excluding hydrogens is 320 g/mol. The van der Waals surface area contributed by atoms with E-state index in [9.17, 15) is 0 Å². The molecule has 1 fully saturated rings. The molecule has 0 bridgehead atoms. The van der Waals surface area contributed by atoms with E-state index in [-0.39, 0.29) is 6.10 Å². The highest BCUT2D eigenvalue weighted by Gasteiger charge is 2.27. The fraction of sp³-hybridized carbons (Fsp3) is 0.261. The van der Waals surface area contributed by atoms with Gasteiger partial charge in [0, 0.05) is 37.0 Å². The van der Waals surface area contributed by atoms with Gasteiger partial charge < -0.3 is 10.1 Å². The number of aromatic nitrogens is 1. The van der Waals surface area contributed by atoms with E-state index in [2.05, 4.69) is 71.0 Å². The van der Waals surface area contributed by atoms with Crippen molar-refractivity contribution in [2.75, 3.05) is 19.7 Å². The lowest BCUT2D eigenvalue weighted by Crippen LogP contribution is -2.42. The molecule has 1 aliphatic heterocycles. The van der Waals surface area contributed by atoms with Crippen molar-refractivity contribution in [3.63, 3.8) is 0 Å². The fourth-order valence-electron chi connectivity index (χ4n) is 3.75. The van der Waals surface area contributed by atoms with Crippen molar-refractivity contribution in [2.24, 2.45) is 0 Å². The number of rotatable bonds is 5. The highest BCUT2D eigenvalue weighted by Crippen LogP contribution is 2.31. The Bertz CT molecular complexity index is 814. The van der Waals surface area contributed by atoms with E-state index < -0.39 is 0 Å². The van der Waals surface area contributed by atoms with Crippen molar-refractivity contribution in [2.45, 2.75) is 18.4 Å². The molecule has 0 unspecified atom stereocenters. The minimum atomic E-state index is 0.188. The lowest BCUT2D eigenvalue weighted by molar-refractivity contribution is 0.0110. The second-order valence-corrected chi connectivity index (χ2v) is 6.73. The van der Waals surface area contributed by atoms with E-state index in [1.165, 1.54) is 16.7 Å². The molecule has 3 aromatic rings. The van der Waals surface area contributed by atoms with Crippen LogP contribution in [-0.2, 0) is 11.2 Å². The van der Waals surface area contributed by atoms with Crippen LogP contribution in [0.3, 0.4) is 0 Å². The summed E-state index contributed by atoms with van der Waals surface area (Å²) in [5, 5.41) is 3.48. The van der Waals surface area contributed by atoms with Crippen molar-refractivity contribution in [3.05, 3.63) is 90.3 Å². The summed E-state index contributed by atoms with van der Waals surface area (Å²) in [5.41, 5.74) is 5.09. The summed E-state index contributed by atoms with van der Waals surface area (Å²) in [4.78, 5) is 4.29. The Kier molecular flexibility index (Phi) is 5.38. The second-order valence-electron chi connectivity index (χ2n) is 6.73. The van der Waals surface area contributed by atoms with E-state index in [0.29, 0.717) is 5.92 Å². The molecule has 0 spiro atoms. The first-order chi connectivity index (χ1) is 12.9. The first-order valence-corrected chi connectivity index (χ1v) is 9.27. The molecular formula is C23H24N2O. The van der Waals surface area contributed by atoms with E-state index in [1.807, 2.05) is 18.5 Å². The number of hydrogen-bond acceptors (Lipinski definition) is 3. The zero-order valence-electron chi connectivity index (χ0n) is 14.8. The average molecular weight is 344 g/mol. The predicted octanol–water partition coefficient (Wildman–Crippen LogP) is 4.06. The van der Waals surface area contributed by atoms with Crippen molar-refractivity contribution in [1.29, 1.82) is 0 Å². The number of nitrogens with zero attached hydrogens (tertiary/aromatic N) is 1. The molecule has 0 saturated carbocycles. The van der Waals surface area contributed by atoms with Gasteiger partial charge in [0.1, 0.15) is 0 Å². The topological polar surface area (TPSA) is 34.2 Å². The molecule has 0 amide bonds. The fourth-order valence-corrected chi connectivity index (χ4v) is 3.75. The first-order valence-electron chi connectivity index (χ1n) is 9.27. The van der Waals surface area contributed by atoms with Gasteiger partial charge in [0.15, 0.2) is 0 Å². The molecule has 1 saturated heterocycles. The van der Waals surface area contributed by atoms with Gasteiger partial charge in [0.05, 0.1) is 12.7 Å². The number of morpholine rings is 1. The van der Waals surface area contributed by atoms with Gasteiger partial charge >= 0.3 is 0 Å². The number of pyridine rings is 1. The van der Waals surface area contributed by atoms with Gasteiger partial charge in [-0.15, -0.1) is 0 Å². The largest absolute Gasteiger partial charge is 0.375 e. The molecule has 2 aromatic carbocycles. The van der Waals surface area contributed by atoms with Crippen LogP contribution in [0.15, 0.2) is 79.1 Å². The summed E-state index contributed by atoms with van der Waals surface area (Å²) in [5.74, 6) is 0.321. The third-order valence-corrected chi connectivity index (χ3v) is 5.06. The minimum Gasteiger partial charge on any atom is -0.375 e. The van der Waals surface area contributed by atoms with Crippen molar-refractivity contribution in [3.8, 4) is 11.1 Å². The number of ether oxygens (including phenoxy) is 1. The Morgan fingerprint density at radius 2 is 1.85 bits per heavy atom.